The maximum Gasteiger partial charge on any atom is 0.140 e. The summed E-state index contributed by atoms with van der Waals surface area (Å²) in [4.78, 5) is 11.6. The third-order valence-electron chi connectivity index (χ3n) is 2.73. The van der Waals surface area contributed by atoms with Gasteiger partial charge in [-0.25, -0.2) is 0 Å². The average molecular weight is 222 g/mol. The van der Waals surface area contributed by atoms with Crippen LogP contribution in [0.15, 0.2) is 30.3 Å². The lowest BCUT2D eigenvalue weighted by Crippen LogP contribution is -2.28. The predicted molar refractivity (Wildman–Crippen MR) is 61.8 cm³/mol. The van der Waals surface area contributed by atoms with E-state index in [4.69, 9.17) is 0 Å². The van der Waals surface area contributed by atoms with E-state index in [0.29, 0.717) is 6.42 Å². The summed E-state index contributed by atoms with van der Waals surface area (Å²) >= 11 is 1.75. The lowest BCUT2D eigenvalue weighted by molar-refractivity contribution is -0.125. The van der Waals surface area contributed by atoms with Crippen molar-refractivity contribution < 1.29 is 9.90 Å². The highest BCUT2D eigenvalue weighted by molar-refractivity contribution is 7.99. The predicted octanol–water partition coefficient (Wildman–Crippen LogP) is 2.04. The number of aliphatic hydroxyl groups excluding tert-OH is 1. The second-order valence-corrected chi connectivity index (χ2v) is 4.90. The van der Waals surface area contributed by atoms with E-state index in [1.54, 1.807) is 11.8 Å². The standard InChI is InChI=1S/C12H14O2S/c13-11-6-7-15-8-10(11)12(14)9-4-2-1-3-5-9/h1-5,10,12,14H,6-8H2/t10-,12+/m0/s1. The molecule has 1 N–H and O–H groups in total. The molecule has 15 heavy (non-hydrogen) atoms. The van der Waals surface area contributed by atoms with Crippen LogP contribution in [0.25, 0.3) is 0 Å². The number of hydrogen-bond acceptors (Lipinski definition) is 3. The van der Waals surface area contributed by atoms with Crippen molar-refractivity contribution in [2.75, 3.05) is 11.5 Å². The largest absolute Gasteiger partial charge is 0.388 e. The van der Waals surface area contributed by atoms with Crippen LogP contribution in [-0.4, -0.2) is 22.4 Å². The molecule has 3 heteroatoms. The maximum absolute atomic E-state index is 11.6. The molecule has 1 aliphatic heterocycles. The van der Waals surface area contributed by atoms with Crippen molar-refractivity contribution in [3.8, 4) is 0 Å². The molecule has 0 aromatic heterocycles. The van der Waals surface area contributed by atoms with E-state index >= 15 is 0 Å². The Labute approximate surface area is 93.7 Å². The topological polar surface area (TPSA) is 37.3 Å². The third-order valence-corrected chi connectivity index (χ3v) is 3.81. The minimum absolute atomic E-state index is 0.199. The Morgan fingerprint density at radius 3 is 2.73 bits per heavy atom. The minimum Gasteiger partial charge on any atom is -0.388 e. The lowest BCUT2D eigenvalue weighted by atomic mass is 9.92. The van der Waals surface area contributed by atoms with Crippen molar-refractivity contribution in [3.05, 3.63) is 35.9 Å². The Bertz CT molecular complexity index is 337. The van der Waals surface area contributed by atoms with Crippen LogP contribution in [-0.2, 0) is 4.79 Å². The number of thioether (sulfide) groups is 1. The number of carbonyl (C=O) groups is 1. The molecule has 0 aliphatic carbocycles. The third kappa shape index (κ3) is 2.41. The minimum atomic E-state index is -0.633. The number of benzene rings is 1. The van der Waals surface area contributed by atoms with Gasteiger partial charge >= 0.3 is 0 Å². The quantitative estimate of drug-likeness (QED) is 0.832. The Morgan fingerprint density at radius 1 is 1.33 bits per heavy atom. The molecule has 1 fully saturated rings. The Hall–Kier alpha value is -0.800. The summed E-state index contributed by atoms with van der Waals surface area (Å²) in [6.07, 6.45) is -0.0364. The summed E-state index contributed by atoms with van der Waals surface area (Å²) in [5.41, 5.74) is 0.846. The van der Waals surface area contributed by atoms with E-state index in [0.717, 1.165) is 17.1 Å². The zero-order valence-electron chi connectivity index (χ0n) is 8.43. The van der Waals surface area contributed by atoms with E-state index in [2.05, 4.69) is 0 Å². The van der Waals surface area contributed by atoms with Crippen molar-refractivity contribution in [1.82, 2.24) is 0 Å². The van der Waals surface area contributed by atoms with Crippen LogP contribution in [0, 0.1) is 5.92 Å². The van der Waals surface area contributed by atoms with Crippen LogP contribution < -0.4 is 0 Å². The van der Waals surface area contributed by atoms with Crippen molar-refractivity contribution in [2.24, 2.45) is 5.92 Å². The van der Waals surface area contributed by atoms with Crippen molar-refractivity contribution in [3.63, 3.8) is 0 Å². The van der Waals surface area contributed by atoms with Gasteiger partial charge in [-0.1, -0.05) is 30.3 Å². The summed E-state index contributed by atoms with van der Waals surface area (Å²) in [6, 6.07) is 9.43. The molecule has 0 saturated carbocycles. The summed E-state index contributed by atoms with van der Waals surface area (Å²) in [7, 11) is 0. The van der Waals surface area contributed by atoms with Crippen molar-refractivity contribution >= 4 is 17.5 Å². The normalized spacial score (nSPS) is 23.8. The van der Waals surface area contributed by atoms with Gasteiger partial charge in [-0.05, 0) is 5.56 Å². The first-order chi connectivity index (χ1) is 7.29. The fraction of sp³-hybridized carbons (Fsp3) is 0.417. The molecular weight excluding hydrogens is 208 g/mol. The Kier molecular flexibility index (Phi) is 3.44. The SMILES string of the molecule is O=C1CCSC[C@@H]1[C@H](O)c1ccccc1. The van der Waals surface area contributed by atoms with Crippen LogP contribution >= 0.6 is 11.8 Å². The summed E-state index contributed by atoms with van der Waals surface area (Å²) < 4.78 is 0. The molecule has 1 saturated heterocycles. The Balaban J connectivity index is 2.13. The van der Waals surface area contributed by atoms with Gasteiger partial charge in [0, 0.05) is 17.9 Å². The smallest absolute Gasteiger partial charge is 0.140 e. The molecule has 1 heterocycles. The number of ketones is 1. The van der Waals surface area contributed by atoms with Gasteiger partial charge in [-0.3, -0.25) is 4.79 Å². The highest BCUT2D eigenvalue weighted by atomic mass is 32.2. The molecule has 1 aromatic rings. The van der Waals surface area contributed by atoms with Gasteiger partial charge in [0.15, 0.2) is 0 Å². The van der Waals surface area contributed by atoms with E-state index < -0.39 is 6.10 Å². The molecule has 1 aromatic carbocycles. The first kappa shape index (κ1) is 10.7. The van der Waals surface area contributed by atoms with Gasteiger partial charge in [0.1, 0.15) is 5.78 Å². The summed E-state index contributed by atoms with van der Waals surface area (Å²) in [5.74, 6) is 1.63. The molecule has 1 aliphatic rings. The van der Waals surface area contributed by atoms with Crippen LogP contribution in [0.5, 0.6) is 0 Å². The molecule has 2 atom stereocenters. The number of Topliss-reactive ketones (excluding diaryl/α,β-unsaturated/α-hetero) is 1. The molecular formula is C12H14O2S. The van der Waals surface area contributed by atoms with E-state index in [-0.39, 0.29) is 11.7 Å². The van der Waals surface area contributed by atoms with Crippen LogP contribution in [0.4, 0.5) is 0 Å². The molecule has 0 bridgehead atoms. The summed E-state index contributed by atoms with van der Waals surface area (Å²) in [5, 5.41) is 10.1. The van der Waals surface area contributed by atoms with Crippen LogP contribution in [0.3, 0.4) is 0 Å². The first-order valence-electron chi connectivity index (χ1n) is 5.12. The Morgan fingerprint density at radius 2 is 2.07 bits per heavy atom. The fourth-order valence-electron chi connectivity index (χ4n) is 1.81. The van der Waals surface area contributed by atoms with Gasteiger partial charge in [0.2, 0.25) is 0 Å². The van der Waals surface area contributed by atoms with E-state index in [1.165, 1.54) is 0 Å². The number of carbonyl (C=O) groups excluding carboxylic acids is 1. The molecule has 0 radical (unpaired) electrons. The molecule has 2 rings (SSSR count). The van der Waals surface area contributed by atoms with Gasteiger partial charge in [0.05, 0.1) is 12.0 Å². The second-order valence-electron chi connectivity index (χ2n) is 3.75. The average Bonchev–Trinajstić information content (AvgIpc) is 2.30. The molecule has 0 spiro atoms. The van der Waals surface area contributed by atoms with Gasteiger partial charge in [0.25, 0.3) is 0 Å². The van der Waals surface area contributed by atoms with Crippen molar-refractivity contribution in [2.45, 2.75) is 12.5 Å². The number of hydrogen-bond donors (Lipinski definition) is 1. The number of rotatable bonds is 2. The van der Waals surface area contributed by atoms with Gasteiger partial charge in [-0.2, -0.15) is 11.8 Å². The van der Waals surface area contributed by atoms with Gasteiger partial charge in [-0.15, -0.1) is 0 Å². The van der Waals surface area contributed by atoms with E-state index in [1.807, 2.05) is 30.3 Å². The molecule has 0 unspecified atom stereocenters. The zero-order chi connectivity index (χ0) is 10.7. The van der Waals surface area contributed by atoms with Crippen molar-refractivity contribution in [1.29, 1.82) is 0 Å². The lowest BCUT2D eigenvalue weighted by Gasteiger charge is -2.25. The fourth-order valence-corrected chi connectivity index (χ4v) is 2.95. The first-order valence-corrected chi connectivity index (χ1v) is 6.28. The molecule has 80 valence electrons. The molecule has 0 amide bonds. The van der Waals surface area contributed by atoms with Gasteiger partial charge < -0.3 is 5.11 Å². The van der Waals surface area contributed by atoms with Crippen LogP contribution in [0.1, 0.15) is 18.1 Å². The number of aliphatic hydroxyl groups is 1. The second kappa shape index (κ2) is 4.81. The monoisotopic (exact) mass is 222 g/mol. The highest BCUT2D eigenvalue weighted by Gasteiger charge is 2.30. The van der Waals surface area contributed by atoms with E-state index in [9.17, 15) is 9.90 Å². The highest BCUT2D eigenvalue weighted by Crippen LogP contribution is 2.30. The maximum atomic E-state index is 11.6. The zero-order valence-corrected chi connectivity index (χ0v) is 9.24. The summed E-state index contributed by atoms with van der Waals surface area (Å²) in [6.45, 7) is 0. The molecule has 2 nitrogen and oxygen atoms in total. The van der Waals surface area contributed by atoms with Crippen LogP contribution in [0.2, 0.25) is 0 Å².